The van der Waals surface area contributed by atoms with E-state index in [-0.39, 0.29) is 6.04 Å². The quantitative estimate of drug-likeness (QED) is 0.669. The number of pyridine rings is 1. The Bertz CT molecular complexity index is 787. The molecule has 0 fully saturated rings. The molecule has 4 heteroatoms. The minimum absolute atomic E-state index is 0.0605. The number of rotatable bonds is 3. The van der Waals surface area contributed by atoms with E-state index >= 15 is 0 Å². The first kappa shape index (κ1) is 14.2. The summed E-state index contributed by atoms with van der Waals surface area (Å²) in [5.41, 5.74) is 2.99. The molecule has 0 spiro atoms. The minimum atomic E-state index is 0.0605. The average Bonchev–Trinajstić information content (AvgIpc) is 2.49. The lowest BCUT2D eigenvalue weighted by Gasteiger charge is -2.17. The molecule has 0 aliphatic heterocycles. The molecule has 0 aliphatic carbocycles. The van der Waals surface area contributed by atoms with Gasteiger partial charge in [-0.3, -0.25) is 4.98 Å². The van der Waals surface area contributed by atoms with Crippen LogP contribution >= 0.6 is 23.2 Å². The van der Waals surface area contributed by atoms with Crippen LogP contribution in [0.1, 0.15) is 18.5 Å². The molecule has 3 aromatic rings. The first-order valence-corrected chi connectivity index (χ1v) is 7.45. The highest BCUT2D eigenvalue weighted by molar-refractivity contribution is 6.33. The van der Waals surface area contributed by atoms with E-state index in [1.165, 1.54) is 0 Å². The Kier molecular flexibility index (Phi) is 4.00. The normalized spacial score (nSPS) is 12.3. The third-order valence-corrected chi connectivity index (χ3v) is 3.99. The van der Waals surface area contributed by atoms with E-state index in [0.29, 0.717) is 10.0 Å². The maximum atomic E-state index is 6.24. The van der Waals surface area contributed by atoms with Crippen LogP contribution < -0.4 is 5.32 Å². The van der Waals surface area contributed by atoms with E-state index in [1.54, 1.807) is 12.3 Å². The van der Waals surface area contributed by atoms with E-state index in [0.717, 1.165) is 22.2 Å². The van der Waals surface area contributed by atoms with E-state index < -0.39 is 0 Å². The van der Waals surface area contributed by atoms with Crippen LogP contribution in [-0.4, -0.2) is 4.98 Å². The summed E-state index contributed by atoms with van der Waals surface area (Å²) in [5, 5.41) is 5.95. The summed E-state index contributed by atoms with van der Waals surface area (Å²) in [5.74, 6) is 0. The van der Waals surface area contributed by atoms with Gasteiger partial charge < -0.3 is 5.32 Å². The van der Waals surface area contributed by atoms with Crippen LogP contribution in [0.25, 0.3) is 10.9 Å². The van der Waals surface area contributed by atoms with E-state index in [1.807, 2.05) is 36.4 Å². The van der Waals surface area contributed by atoms with Gasteiger partial charge >= 0.3 is 0 Å². The highest BCUT2D eigenvalue weighted by Gasteiger charge is 2.10. The molecule has 106 valence electrons. The summed E-state index contributed by atoms with van der Waals surface area (Å²) in [6, 6.07) is 15.7. The minimum Gasteiger partial charge on any atom is -0.378 e. The zero-order valence-corrected chi connectivity index (χ0v) is 13.0. The number of aromatic nitrogens is 1. The lowest BCUT2D eigenvalue weighted by molar-refractivity contribution is 0.885. The first-order chi connectivity index (χ1) is 10.1. The number of anilines is 1. The van der Waals surface area contributed by atoms with Crippen molar-refractivity contribution in [2.24, 2.45) is 0 Å². The number of nitrogens with one attached hydrogen (secondary N) is 1. The fourth-order valence-corrected chi connectivity index (χ4v) is 2.80. The van der Waals surface area contributed by atoms with Crippen LogP contribution in [0.3, 0.4) is 0 Å². The Morgan fingerprint density at radius 2 is 1.90 bits per heavy atom. The van der Waals surface area contributed by atoms with Crippen LogP contribution in [0.15, 0.2) is 54.7 Å². The van der Waals surface area contributed by atoms with Gasteiger partial charge in [-0.25, -0.2) is 0 Å². The molecular formula is C17H14Cl2N2. The third-order valence-electron chi connectivity index (χ3n) is 3.41. The molecule has 0 saturated heterocycles. The highest BCUT2D eigenvalue weighted by Crippen LogP contribution is 2.29. The topological polar surface area (TPSA) is 24.9 Å². The zero-order valence-electron chi connectivity index (χ0n) is 11.5. The van der Waals surface area contributed by atoms with Gasteiger partial charge in [0.1, 0.15) is 0 Å². The van der Waals surface area contributed by atoms with Crippen molar-refractivity contribution >= 4 is 39.8 Å². The molecule has 0 bridgehead atoms. The van der Waals surface area contributed by atoms with Crippen molar-refractivity contribution in [2.75, 3.05) is 5.32 Å². The van der Waals surface area contributed by atoms with Crippen molar-refractivity contribution in [1.82, 2.24) is 4.98 Å². The summed E-state index contributed by atoms with van der Waals surface area (Å²) >= 11 is 12.3. The Hall–Kier alpha value is -1.77. The molecule has 1 atom stereocenters. The molecule has 0 aliphatic rings. The largest absolute Gasteiger partial charge is 0.378 e. The third kappa shape index (κ3) is 3.12. The van der Waals surface area contributed by atoms with Gasteiger partial charge in [-0.05, 0) is 55.0 Å². The Balaban J connectivity index is 1.88. The predicted octanol–water partition coefficient (Wildman–Crippen LogP) is 5.71. The Morgan fingerprint density at radius 3 is 2.76 bits per heavy atom. The summed E-state index contributed by atoms with van der Waals surface area (Å²) in [4.78, 5) is 4.32. The molecule has 0 saturated carbocycles. The van der Waals surface area contributed by atoms with Crippen molar-refractivity contribution < 1.29 is 0 Å². The number of nitrogens with zero attached hydrogens (tertiary/aromatic N) is 1. The van der Waals surface area contributed by atoms with Crippen LogP contribution in [0.5, 0.6) is 0 Å². The molecule has 1 aromatic heterocycles. The summed E-state index contributed by atoms with van der Waals surface area (Å²) < 4.78 is 0. The van der Waals surface area contributed by atoms with Crippen molar-refractivity contribution in [3.63, 3.8) is 0 Å². The van der Waals surface area contributed by atoms with Gasteiger partial charge in [0, 0.05) is 27.3 Å². The van der Waals surface area contributed by atoms with E-state index in [4.69, 9.17) is 23.2 Å². The molecule has 1 unspecified atom stereocenters. The van der Waals surface area contributed by atoms with Crippen molar-refractivity contribution in [1.29, 1.82) is 0 Å². The maximum absolute atomic E-state index is 6.24. The van der Waals surface area contributed by atoms with Gasteiger partial charge in [0.05, 0.1) is 11.6 Å². The fraction of sp³-hybridized carbons (Fsp3) is 0.118. The van der Waals surface area contributed by atoms with Crippen molar-refractivity contribution in [3.05, 3.63) is 70.3 Å². The number of fused-ring (bicyclic) bond motifs is 1. The molecule has 3 rings (SSSR count). The van der Waals surface area contributed by atoms with Crippen LogP contribution in [-0.2, 0) is 0 Å². The molecular weight excluding hydrogens is 303 g/mol. The van der Waals surface area contributed by atoms with Crippen LogP contribution in [0.4, 0.5) is 5.69 Å². The predicted molar refractivity (Wildman–Crippen MR) is 90.2 cm³/mol. The summed E-state index contributed by atoms with van der Waals surface area (Å²) in [6.07, 6.45) is 1.80. The average molecular weight is 317 g/mol. The van der Waals surface area contributed by atoms with Crippen molar-refractivity contribution in [2.45, 2.75) is 13.0 Å². The second-order valence-corrected chi connectivity index (χ2v) is 5.79. The number of benzene rings is 2. The highest BCUT2D eigenvalue weighted by atomic mass is 35.5. The molecule has 2 nitrogen and oxygen atoms in total. The van der Waals surface area contributed by atoms with Gasteiger partial charge in [-0.2, -0.15) is 0 Å². The summed E-state index contributed by atoms with van der Waals surface area (Å²) in [7, 11) is 0. The maximum Gasteiger partial charge on any atom is 0.0703 e. The molecule has 0 amide bonds. The monoisotopic (exact) mass is 316 g/mol. The first-order valence-electron chi connectivity index (χ1n) is 6.70. The Morgan fingerprint density at radius 1 is 1.05 bits per heavy atom. The number of hydrogen-bond acceptors (Lipinski definition) is 2. The second kappa shape index (κ2) is 5.92. The van der Waals surface area contributed by atoms with E-state index in [2.05, 4.69) is 23.3 Å². The molecule has 0 radical (unpaired) electrons. The smallest absolute Gasteiger partial charge is 0.0703 e. The lowest BCUT2D eigenvalue weighted by Crippen LogP contribution is -2.07. The van der Waals surface area contributed by atoms with Crippen molar-refractivity contribution in [3.8, 4) is 0 Å². The summed E-state index contributed by atoms with van der Waals surface area (Å²) in [6.45, 7) is 2.06. The lowest BCUT2D eigenvalue weighted by atomic mass is 10.1. The molecule has 1 heterocycles. The van der Waals surface area contributed by atoms with Crippen LogP contribution in [0, 0.1) is 0 Å². The van der Waals surface area contributed by atoms with Gasteiger partial charge in [0.15, 0.2) is 0 Å². The SMILES string of the molecule is CC(Nc1ccc2ncccc2c1)c1cc(Cl)ccc1Cl. The number of hydrogen-bond donors (Lipinski definition) is 1. The Labute approximate surface area is 133 Å². The van der Waals surface area contributed by atoms with Crippen LogP contribution in [0.2, 0.25) is 10.0 Å². The number of halogens is 2. The van der Waals surface area contributed by atoms with Gasteiger partial charge in [-0.1, -0.05) is 29.3 Å². The van der Waals surface area contributed by atoms with Gasteiger partial charge in [0.25, 0.3) is 0 Å². The standard InChI is InChI=1S/C17H14Cl2N2/c1-11(15-10-13(18)4-6-16(15)19)21-14-5-7-17-12(9-14)3-2-8-20-17/h2-11,21H,1H3. The zero-order chi connectivity index (χ0) is 14.8. The van der Waals surface area contributed by atoms with Gasteiger partial charge in [0.2, 0.25) is 0 Å². The van der Waals surface area contributed by atoms with Gasteiger partial charge in [-0.15, -0.1) is 0 Å². The molecule has 21 heavy (non-hydrogen) atoms. The fourth-order valence-electron chi connectivity index (χ4n) is 2.34. The van der Waals surface area contributed by atoms with E-state index in [9.17, 15) is 0 Å². The second-order valence-electron chi connectivity index (χ2n) is 4.94. The molecule has 2 aromatic carbocycles. The molecule has 1 N–H and O–H groups in total.